The summed E-state index contributed by atoms with van der Waals surface area (Å²) in [6.07, 6.45) is 0.0116. The molecule has 0 unspecified atom stereocenters. The number of allylic oxidation sites excluding steroid dienone is 2. The fraction of sp³-hybridized carbons (Fsp3) is 0.278. The summed E-state index contributed by atoms with van der Waals surface area (Å²) in [4.78, 5) is 24.0. The first-order valence-corrected chi connectivity index (χ1v) is 7.21. The Labute approximate surface area is 139 Å². The van der Waals surface area contributed by atoms with Crippen LogP contribution in [-0.2, 0) is 4.79 Å². The Morgan fingerprint density at radius 3 is 2.25 bits per heavy atom. The summed E-state index contributed by atoms with van der Waals surface area (Å²) in [5.74, 6) is -1.29. The number of carbonyl (C=O) groups excluding carboxylic acids is 2. The zero-order valence-corrected chi connectivity index (χ0v) is 13.0. The average Bonchev–Trinajstić information content (AvgIpc) is 2.79. The van der Waals surface area contributed by atoms with E-state index in [1.165, 1.54) is 6.92 Å². The molecule has 6 nitrogen and oxygen atoms in total. The summed E-state index contributed by atoms with van der Waals surface area (Å²) >= 11 is 0. The van der Waals surface area contributed by atoms with Gasteiger partial charge < -0.3 is 5.73 Å². The molecule has 1 aliphatic carbocycles. The van der Waals surface area contributed by atoms with E-state index in [0.717, 1.165) is 0 Å². The van der Waals surface area contributed by atoms with Gasteiger partial charge in [0.2, 0.25) is 0 Å². The fourth-order valence-electron chi connectivity index (χ4n) is 3.26. The van der Waals surface area contributed by atoms with E-state index in [9.17, 15) is 25.4 Å². The van der Waals surface area contributed by atoms with E-state index in [4.69, 9.17) is 5.73 Å². The number of nitriles is 3. The molecule has 0 aliphatic heterocycles. The van der Waals surface area contributed by atoms with Gasteiger partial charge in [0.25, 0.3) is 0 Å². The van der Waals surface area contributed by atoms with Crippen molar-refractivity contribution < 1.29 is 9.59 Å². The molecule has 0 heterocycles. The molecular formula is C18H14N4O2. The van der Waals surface area contributed by atoms with Gasteiger partial charge in [0.05, 0.1) is 18.2 Å². The molecule has 0 fully saturated rings. The van der Waals surface area contributed by atoms with Crippen LogP contribution < -0.4 is 5.73 Å². The minimum atomic E-state index is -1.90. The molecule has 0 bridgehead atoms. The highest BCUT2D eigenvalue weighted by molar-refractivity contribution is 5.97. The normalized spacial score (nSPS) is 24.5. The minimum Gasteiger partial charge on any atom is -0.400 e. The topological polar surface area (TPSA) is 132 Å². The molecule has 0 saturated carbocycles. The number of aldehydes is 1. The summed E-state index contributed by atoms with van der Waals surface area (Å²) in [6.45, 7) is 1.50. The van der Waals surface area contributed by atoms with Crippen LogP contribution in [0, 0.1) is 50.7 Å². The van der Waals surface area contributed by atoms with Gasteiger partial charge in [-0.2, -0.15) is 15.8 Å². The minimum absolute atomic E-state index is 0.0283. The zero-order valence-electron chi connectivity index (χ0n) is 13.0. The maximum Gasteiger partial charge on any atom is 0.174 e. The number of rotatable bonds is 4. The lowest BCUT2D eigenvalue weighted by Gasteiger charge is -2.33. The third kappa shape index (κ3) is 2.00. The first-order valence-electron chi connectivity index (χ1n) is 7.21. The number of hydrogen-bond acceptors (Lipinski definition) is 6. The third-order valence-corrected chi connectivity index (χ3v) is 4.75. The van der Waals surface area contributed by atoms with Crippen LogP contribution in [0.5, 0.6) is 0 Å². The van der Waals surface area contributed by atoms with Crippen molar-refractivity contribution in [3.05, 3.63) is 47.2 Å². The van der Waals surface area contributed by atoms with E-state index >= 15 is 0 Å². The zero-order chi connectivity index (χ0) is 18.0. The lowest BCUT2D eigenvalue weighted by Crippen LogP contribution is -2.43. The maximum atomic E-state index is 12.6. The van der Waals surface area contributed by atoms with Gasteiger partial charge in [0, 0.05) is 29.2 Å². The quantitative estimate of drug-likeness (QED) is 0.665. The highest BCUT2D eigenvalue weighted by Crippen LogP contribution is 2.58. The average molecular weight is 318 g/mol. The largest absolute Gasteiger partial charge is 0.400 e. The number of ketones is 1. The lowest BCUT2D eigenvalue weighted by atomic mass is 9.60. The van der Waals surface area contributed by atoms with Crippen LogP contribution in [0.2, 0.25) is 0 Å². The predicted molar refractivity (Wildman–Crippen MR) is 83.5 cm³/mol. The van der Waals surface area contributed by atoms with Gasteiger partial charge in [-0.25, -0.2) is 0 Å². The Balaban J connectivity index is 2.65. The Bertz CT molecular complexity index is 838. The van der Waals surface area contributed by atoms with Crippen LogP contribution in [-0.4, -0.2) is 12.1 Å². The highest BCUT2D eigenvalue weighted by Gasteiger charge is 2.65. The van der Waals surface area contributed by atoms with Crippen molar-refractivity contribution in [2.24, 2.45) is 22.5 Å². The number of Topliss-reactive ketones (excluding diaryl/α,β-unsaturated/α-hetero) is 1. The lowest BCUT2D eigenvalue weighted by molar-refractivity contribution is -0.105. The number of nitrogens with zero attached hydrogens (tertiary/aromatic N) is 3. The van der Waals surface area contributed by atoms with Crippen molar-refractivity contribution in [2.45, 2.75) is 13.3 Å². The SMILES string of the molecule is C[C@@H]1C(C=O)=C(N)[C@@](C#N)(CC(=O)c2ccccc2)C1(C#N)C#N. The fourth-order valence-corrected chi connectivity index (χ4v) is 3.26. The van der Waals surface area contributed by atoms with E-state index in [-0.39, 0.29) is 11.3 Å². The van der Waals surface area contributed by atoms with Gasteiger partial charge in [-0.1, -0.05) is 37.3 Å². The molecule has 1 aromatic rings. The molecular weight excluding hydrogens is 304 g/mol. The smallest absolute Gasteiger partial charge is 0.174 e. The third-order valence-electron chi connectivity index (χ3n) is 4.75. The summed E-state index contributed by atoms with van der Waals surface area (Å²) < 4.78 is 0. The second-order valence-electron chi connectivity index (χ2n) is 5.72. The van der Waals surface area contributed by atoms with Crippen LogP contribution in [0.4, 0.5) is 0 Å². The van der Waals surface area contributed by atoms with Crippen LogP contribution in [0.25, 0.3) is 0 Å². The molecule has 118 valence electrons. The van der Waals surface area contributed by atoms with Gasteiger partial charge in [0.15, 0.2) is 11.2 Å². The summed E-state index contributed by atoms with van der Waals surface area (Å²) in [5.41, 5.74) is 2.44. The first kappa shape index (κ1) is 16.9. The van der Waals surface area contributed by atoms with Gasteiger partial charge >= 0.3 is 0 Å². The van der Waals surface area contributed by atoms with Gasteiger partial charge in [-0.05, 0) is 0 Å². The van der Waals surface area contributed by atoms with E-state index in [1.54, 1.807) is 30.3 Å². The van der Waals surface area contributed by atoms with E-state index in [1.807, 2.05) is 18.2 Å². The van der Waals surface area contributed by atoms with Crippen molar-refractivity contribution in [1.29, 1.82) is 15.8 Å². The summed E-state index contributed by atoms with van der Waals surface area (Å²) in [6, 6.07) is 13.8. The standard InChI is InChI=1S/C18H14N4O2/c1-12-14(8-23)16(22)17(9-19,18(12,10-20)11-21)7-15(24)13-5-3-2-4-6-13/h2-6,8,12H,7,22H2,1H3/t12-,17+/m1/s1. The van der Waals surface area contributed by atoms with Crippen molar-refractivity contribution >= 4 is 12.1 Å². The Morgan fingerprint density at radius 1 is 1.21 bits per heavy atom. The molecule has 6 heteroatoms. The molecule has 0 amide bonds. The summed E-state index contributed by atoms with van der Waals surface area (Å²) in [5, 5.41) is 29.0. The monoisotopic (exact) mass is 318 g/mol. The van der Waals surface area contributed by atoms with E-state index in [0.29, 0.717) is 11.8 Å². The van der Waals surface area contributed by atoms with Crippen LogP contribution in [0.15, 0.2) is 41.6 Å². The Hall–Kier alpha value is -3.43. The molecule has 0 aromatic heterocycles. The molecule has 0 saturated heterocycles. The van der Waals surface area contributed by atoms with Crippen molar-refractivity contribution in [1.82, 2.24) is 0 Å². The molecule has 1 aliphatic rings. The second-order valence-corrected chi connectivity index (χ2v) is 5.72. The van der Waals surface area contributed by atoms with Crippen LogP contribution >= 0.6 is 0 Å². The Morgan fingerprint density at radius 2 is 1.79 bits per heavy atom. The predicted octanol–water partition coefficient (Wildman–Crippen LogP) is 1.86. The molecule has 2 atom stereocenters. The van der Waals surface area contributed by atoms with Crippen LogP contribution in [0.1, 0.15) is 23.7 Å². The maximum absolute atomic E-state index is 12.6. The first-order chi connectivity index (χ1) is 11.4. The van der Waals surface area contributed by atoms with Gasteiger partial charge in [-0.15, -0.1) is 0 Å². The number of carbonyl (C=O) groups is 2. The van der Waals surface area contributed by atoms with Crippen molar-refractivity contribution in [2.75, 3.05) is 0 Å². The summed E-state index contributed by atoms with van der Waals surface area (Å²) in [7, 11) is 0. The highest BCUT2D eigenvalue weighted by atomic mass is 16.1. The van der Waals surface area contributed by atoms with E-state index < -0.39 is 29.0 Å². The molecule has 0 radical (unpaired) electrons. The number of hydrogen-bond donors (Lipinski definition) is 1. The molecule has 24 heavy (non-hydrogen) atoms. The number of benzene rings is 1. The van der Waals surface area contributed by atoms with E-state index in [2.05, 4.69) is 0 Å². The van der Waals surface area contributed by atoms with Gasteiger partial charge in [0.1, 0.15) is 11.7 Å². The number of nitrogens with two attached hydrogens (primary N) is 1. The van der Waals surface area contributed by atoms with Crippen LogP contribution in [0.3, 0.4) is 0 Å². The molecule has 2 N–H and O–H groups in total. The molecule has 2 rings (SSSR count). The van der Waals surface area contributed by atoms with Gasteiger partial charge in [-0.3, -0.25) is 9.59 Å². The Kier molecular flexibility index (Phi) is 4.22. The molecule has 0 spiro atoms. The van der Waals surface area contributed by atoms with Crippen molar-refractivity contribution in [3.8, 4) is 18.2 Å². The molecule has 1 aromatic carbocycles. The second kappa shape index (κ2) is 5.99. The van der Waals surface area contributed by atoms with Crippen molar-refractivity contribution in [3.63, 3.8) is 0 Å².